The molecule has 27 heavy (non-hydrogen) atoms. The van der Waals surface area contributed by atoms with Crippen molar-refractivity contribution in [2.75, 3.05) is 19.7 Å². The van der Waals surface area contributed by atoms with Gasteiger partial charge in [-0.15, -0.1) is 0 Å². The van der Waals surface area contributed by atoms with Crippen molar-refractivity contribution in [1.29, 1.82) is 0 Å². The van der Waals surface area contributed by atoms with Crippen LogP contribution in [0.2, 0.25) is 0 Å². The molecule has 2 amide bonds. The van der Waals surface area contributed by atoms with Gasteiger partial charge in [-0.05, 0) is 30.2 Å². The van der Waals surface area contributed by atoms with Gasteiger partial charge in [0, 0.05) is 31.7 Å². The van der Waals surface area contributed by atoms with Crippen LogP contribution in [0.1, 0.15) is 27.0 Å². The van der Waals surface area contributed by atoms with Gasteiger partial charge in [0.2, 0.25) is 0 Å². The molecule has 1 aliphatic rings. The SMILES string of the molecule is Cc1ccc(CNC(=O)c2cccc(CNC(=O)C3CNCCO3)c2)cc1. The molecule has 1 fully saturated rings. The van der Waals surface area contributed by atoms with Crippen LogP contribution in [0.3, 0.4) is 0 Å². The predicted molar refractivity (Wildman–Crippen MR) is 103 cm³/mol. The molecule has 142 valence electrons. The lowest BCUT2D eigenvalue weighted by Crippen LogP contribution is -2.47. The van der Waals surface area contributed by atoms with E-state index >= 15 is 0 Å². The first-order valence-electron chi connectivity index (χ1n) is 9.14. The highest BCUT2D eigenvalue weighted by molar-refractivity contribution is 5.94. The van der Waals surface area contributed by atoms with E-state index in [1.54, 1.807) is 12.1 Å². The van der Waals surface area contributed by atoms with E-state index in [1.807, 2.05) is 43.3 Å². The maximum Gasteiger partial charge on any atom is 0.251 e. The second kappa shape index (κ2) is 9.30. The van der Waals surface area contributed by atoms with Gasteiger partial charge >= 0.3 is 0 Å². The van der Waals surface area contributed by atoms with Gasteiger partial charge in [-0.25, -0.2) is 0 Å². The molecule has 6 heteroatoms. The van der Waals surface area contributed by atoms with E-state index in [9.17, 15) is 9.59 Å². The monoisotopic (exact) mass is 367 g/mol. The van der Waals surface area contributed by atoms with Crippen molar-refractivity contribution >= 4 is 11.8 Å². The number of carbonyl (C=O) groups excluding carboxylic acids is 2. The molecular weight excluding hydrogens is 342 g/mol. The fraction of sp³-hybridized carbons (Fsp3) is 0.333. The largest absolute Gasteiger partial charge is 0.366 e. The summed E-state index contributed by atoms with van der Waals surface area (Å²) < 4.78 is 5.43. The number of morpholine rings is 1. The molecular formula is C21H25N3O3. The lowest BCUT2D eigenvalue weighted by molar-refractivity contribution is -0.134. The number of hydrogen-bond acceptors (Lipinski definition) is 4. The molecule has 6 nitrogen and oxygen atoms in total. The normalized spacial score (nSPS) is 16.6. The van der Waals surface area contributed by atoms with Crippen molar-refractivity contribution < 1.29 is 14.3 Å². The van der Waals surface area contributed by atoms with E-state index in [4.69, 9.17) is 4.74 Å². The number of benzene rings is 2. The minimum absolute atomic E-state index is 0.136. The van der Waals surface area contributed by atoms with Crippen LogP contribution in [-0.2, 0) is 22.6 Å². The summed E-state index contributed by atoms with van der Waals surface area (Å²) in [5.41, 5.74) is 3.69. The number of carbonyl (C=O) groups is 2. The Kier molecular flexibility index (Phi) is 6.57. The summed E-state index contributed by atoms with van der Waals surface area (Å²) in [6.07, 6.45) is -0.459. The van der Waals surface area contributed by atoms with Crippen LogP contribution < -0.4 is 16.0 Å². The lowest BCUT2D eigenvalue weighted by Gasteiger charge is -2.22. The van der Waals surface area contributed by atoms with Gasteiger partial charge in [0.05, 0.1) is 6.61 Å². The zero-order chi connectivity index (χ0) is 19.1. The number of ether oxygens (including phenoxy) is 1. The maximum absolute atomic E-state index is 12.4. The average Bonchev–Trinajstić information content (AvgIpc) is 2.72. The van der Waals surface area contributed by atoms with E-state index < -0.39 is 6.10 Å². The molecule has 1 saturated heterocycles. The van der Waals surface area contributed by atoms with Gasteiger partial charge in [-0.3, -0.25) is 9.59 Å². The van der Waals surface area contributed by atoms with Crippen molar-refractivity contribution in [2.45, 2.75) is 26.1 Å². The van der Waals surface area contributed by atoms with Crippen LogP contribution in [0.25, 0.3) is 0 Å². The Hall–Kier alpha value is -2.70. The number of rotatable bonds is 6. The third-order valence-corrected chi connectivity index (χ3v) is 4.45. The van der Waals surface area contributed by atoms with Crippen LogP contribution in [0.5, 0.6) is 0 Å². The van der Waals surface area contributed by atoms with Crippen LogP contribution in [0.15, 0.2) is 48.5 Å². The third kappa shape index (κ3) is 5.64. The Morgan fingerprint density at radius 3 is 2.59 bits per heavy atom. The van der Waals surface area contributed by atoms with E-state index in [1.165, 1.54) is 5.56 Å². The summed E-state index contributed by atoms with van der Waals surface area (Å²) in [7, 11) is 0. The van der Waals surface area contributed by atoms with Gasteiger partial charge in [-0.1, -0.05) is 42.0 Å². The number of nitrogens with one attached hydrogen (secondary N) is 3. The molecule has 0 aliphatic carbocycles. The number of hydrogen-bond donors (Lipinski definition) is 3. The first-order chi connectivity index (χ1) is 13.1. The summed E-state index contributed by atoms with van der Waals surface area (Å²) in [4.78, 5) is 24.5. The summed E-state index contributed by atoms with van der Waals surface area (Å²) in [5, 5.41) is 8.92. The standard InChI is InChI=1S/C21H25N3O3/c1-15-5-7-16(8-6-15)12-23-20(25)18-4-2-3-17(11-18)13-24-21(26)19-14-22-9-10-27-19/h2-8,11,19,22H,9-10,12-14H2,1H3,(H,23,25)(H,24,26). The summed E-state index contributed by atoms with van der Waals surface area (Å²) in [6.45, 7) is 4.69. The van der Waals surface area contributed by atoms with E-state index in [2.05, 4.69) is 16.0 Å². The van der Waals surface area contributed by atoms with Gasteiger partial charge in [-0.2, -0.15) is 0 Å². The highest BCUT2D eigenvalue weighted by Crippen LogP contribution is 2.07. The Balaban J connectivity index is 1.52. The summed E-state index contributed by atoms with van der Waals surface area (Å²) in [5.74, 6) is -0.278. The second-order valence-corrected chi connectivity index (χ2v) is 6.65. The molecule has 2 aromatic carbocycles. The zero-order valence-electron chi connectivity index (χ0n) is 15.5. The lowest BCUT2D eigenvalue weighted by atomic mass is 10.1. The molecule has 0 saturated carbocycles. The van der Waals surface area contributed by atoms with Crippen LogP contribution in [0.4, 0.5) is 0 Å². The van der Waals surface area contributed by atoms with E-state index in [0.717, 1.165) is 17.7 Å². The van der Waals surface area contributed by atoms with Crippen LogP contribution >= 0.6 is 0 Å². The fourth-order valence-corrected chi connectivity index (χ4v) is 2.85. The Morgan fingerprint density at radius 2 is 1.85 bits per heavy atom. The predicted octanol–water partition coefficient (Wildman–Crippen LogP) is 1.53. The first kappa shape index (κ1) is 19.1. The maximum atomic E-state index is 12.4. The quantitative estimate of drug-likeness (QED) is 0.723. The molecule has 3 rings (SSSR count). The average molecular weight is 367 g/mol. The molecule has 1 unspecified atom stereocenters. The summed E-state index contributed by atoms with van der Waals surface area (Å²) in [6, 6.07) is 15.3. The van der Waals surface area contributed by atoms with Gasteiger partial charge in [0.15, 0.2) is 0 Å². The molecule has 3 N–H and O–H groups in total. The van der Waals surface area contributed by atoms with Gasteiger partial charge in [0.25, 0.3) is 11.8 Å². The van der Waals surface area contributed by atoms with Crippen LogP contribution in [-0.4, -0.2) is 37.6 Å². The zero-order valence-corrected chi connectivity index (χ0v) is 15.5. The topological polar surface area (TPSA) is 79.5 Å². The molecule has 0 radical (unpaired) electrons. The molecule has 1 atom stereocenters. The second-order valence-electron chi connectivity index (χ2n) is 6.65. The van der Waals surface area contributed by atoms with Crippen molar-refractivity contribution in [3.05, 3.63) is 70.8 Å². The van der Waals surface area contributed by atoms with Crippen molar-refractivity contribution in [3.8, 4) is 0 Å². The number of aryl methyl sites for hydroxylation is 1. The van der Waals surface area contributed by atoms with Gasteiger partial charge in [0.1, 0.15) is 6.10 Å². The van der Waals surface area contributed by atoms with E-state index in [0.29, 0.717) is 31.8 Å². The van der Waals surface area contributed by atoms with Crippen molar-refractivity contribution in [2.24, 2.45) is 0 Å². The van der Waals surface area contributed by atoms with Crippen molar-refractivity contribution in [1.82, 2.24) is 16.0 Å². The molecule has 2 aromatic rings. The minimum atomic E-state index is -0.459. The molecule has 1 heterocycles. The molecule has 0 spiro atoms. The molecule has 0 bridgehead atoms. The number of amides is 2. The molecule has 0 aromatic heterocycles. The molecule has 1 aliphatic heterocycles. The minimum Gasteiger partial charge on any atom is -0.366 e. The first-order valence-corrected chi connectivity index (χ1v) is 9.14. The smallest absolute Gasteiger partial charge is 0.251 e. The Labute approximate surface area is 159 Å². The fourth-order valence-electron chi connectivity index (χ4n) is 2.85. The summed E-state index contributed by atoms with van der Waals surface area (Å²) >= 11 is 0. The Bertz CT molecular complexity index is 784. The Morgan fingerprint density at radius 1 is 1.07 bits per heavy atom. The highest BCUT2D eigenvalue weighted by atomic mass is 16.5. The van der Waals surface area contributed by atoms with Crippen molar-refractivity contribution in [3.63, 3.8) is 0 Å². The highest BCUT2D eigenvalue weighted by Gasteiger charge is 2.21. The van der Waals surface area contributed by atoms with Gasteiger partial charge < -0.3 is 20.7 Å². The van der Waals surface area contributed by atoms with Crippen LogP contribution in [0, 0.1) is 6.92 Å². The van der Waals surface area contributed by atoms with E-state index in [-0.39, 0.29) is 11.8 Å². The third-order valence-electron chi connectivity index (χ3n) is 4.45.